The average Bonchev–Trinajstić information content (AvgIpc) is 2.63. The first-order chi connectivity index (χ1) is 12.3. The third kappa shape index (κ3) is 5.68. The van der Waals surface area contributed by atoms with Crippen molar-refractivity contribution in [1.29, 1.82) is 0 Å². The maximum absolute atomic E-state index is 12.7. The number of carbonyl (C=O) groups excluding carboxylic acids is 1. The van der Waals surface area contributed by atoms with Gasteiger partial charge in [-0.15, -0.1) is 0 Å². The molecule has 0 heterocycles. The van der Waals surface area contributed by atoms with Gasteiger partial charge in [-0.25, -0.2) is 0 Å². The Kier molecular flexibility index (Phi) is 6.49. The number of alkyl halides is 3. The van der Waals surface area contributed by atoms with Crippen LogP contribution in [0.3, 0.4) is 0 Å². The van der Waals surface area contributed by atoms with Crippen LogP contribution in [0.2, 0.25) is 0 Å². The normalized spacial score (nSPS) is 11.1. The highest BCUT2D eigenvalue weighted by molar-refractivity contribution is 5.76. The predicted molar refractivity (Wildman–Crippen MR) is 91.2 cm³/mol. The smallest absolute Gasteiger partial charge is 0.416 e. The highest BCUT2D eigenvalue weighted by Crippen LogP contribution is 2.29. The van der Waals surface area contributed by atoms with Crippen molar-refractivity contribution in [2.24, 2.45) is 0 Å². The average molecular weight is 367 g/mol. The molecule has 140 valence electrons. The first-order valence-corrected chi connectivity index (χ1v) is 7.96. The summed E-state index contributed by atoms with van der Waals surface area (Å²) in [5.41, 5.74) is 0.541. The van der Waals surface area contributed by atoms with Gasteiger partial charge in [-0.1, -0.05) is 12.1 Å². The maximum Gasteiger partial charge on any atom is 0.416 e. The Morgan fingerprint density at radius 3 is 2.23 bits per heavy atom. The molecule has 0 aliphatic carbocycles. The first-order valence-electron chi connectivity index (χ1n) is 7.96. The topological polar surface area (TPSA) is 47.6 Å². The molecule has 0 aliphatic rings. The van der Waals surface area contributed by atoms with Crippen LogP contribution in [-0.2, 0) is 23.9 Å². The highest BCUT2D eigenvalue weighted by Gasteiger charge is 2.30. The quantitative estimate of drug-likeness (QED) is 0.806. The van der Waals surface area contributed by atoms with Crippen molar-refractivity contribution in [2.45, 2.75) is 25.6 Å². The number of aryl methyl sites for hydroxylation is 1. The summed E-state index contributed by atoms with van der Waals surface area (Å²) < 4.78 is 48.4. The number of hydrogen-bond donors (Lipinski definition) is 1. The maximum atomic E-state index is 12.7. The Morgan fingerprint density at radius 1 is 1.00 bits per heavy atom. The number of halogens is 3. The minimum absolute atomic E-state index is 0.0458. The Hall–Kier alpha value is -2.70. The van der Waals surface area contributed by atoms with Gasteiger partial charge in [-0.05, 0) is 41.8 Å². The molecule has 0 aromatic heterocycles. The summed E-state index contributed by atoms with van der Waals surface area (Å²) in [5, 5.41) is 2.64. The van der Waals surface area contributed by atoms with E-state index in [9.17, 15) is 18.0 Å². The summed E-state index contributed by atoms with van der Waals surface area (Å²) in [6, 6.07) is 10.3. The van der Waals surface area contributed by atoms with E-state index in [4.69, 9.17) is 9.47 Å². The van der Waals surface area contributed by atoms with E-state index in [1.807, 2.05) is 12.1 Å². The number of carbonyl (C=O) groups is 1. The molecule has 0 saturated heterocycles. The summed E-state index contributed by atoms with van der Waals surface area (Å²) in [7, 11) is 3.08. The Bertz CT molecular complexity index is 738. The number of methoxy groups -OCH3 is 2. The molecule has 2 rings (SSSR count). The van der Waals surface area contributed by atoms with Crippen molar-refractivity contribution in [1.82, 2.24) is 5.32 Å². The van der Waals surface area contributed by atoms with E-state index in [1.54, 1.807) is 26.4 Å². The van der Waals surface area contributed by atoms with Crippen LogP contribution >= 0.6 is 0 Å². The van der Waals surface area contributed by atoms with Gasteiger partial charge in [0.15, 0.2) is 0 Å². The van der Waals surface area contributed by atoms with Crippen LogP contribution in [0.5, 0.6) is 11.5 Å². The van der Waals surface area contributed by atoms with Gasteiger partial charge in [0.25, 0.3) is 0 Å². The predicted octanol–water partition coefficient (Wildman–Crippen LogP) is 3.97. The molecule has 1 N–H and O–H groups in total. The molecule has 1 amide bonds. The van der Waals surface area contributed by atoms with E-state index in [-0.39, 0.29) is 18.9 Å². The zero-order valence-corrected chi connectivity index (χ0v) is 14.5. The van der Waals surface area contributed by atoms with Crippen molar-refractivity contribution in [3.63, 3.8) is 0 Å². The molecule has 2 aromatic rings. The van der Waals surface area contributed by atoms with E-state index >= 15 is 0 Å². The number of rotatable bonds is 7. The lowest BCUT2D eigenvalue weighted by Crippen LogP contribution is -2.23. The molecule has 2 aromatic carbocycles. The van der Waals surface area contributed by atoms with Gasteiger partial charge in [0.05, 0.1) is 19.8 Å². The summed E-state index contributed by atoms with van der Waals surface area (Å²) >= 11 is 0. The molecule has 0 radical (unpaired) electrons. The third-order valence-electron chi connectivity index (χ3n) is 3.80. The van der Waals surface area contributed by atoms with E-state index < -0.39 is 11.7 Å². The number of amides is 1. The summed E-state index contributed by atoms with van der Waals surface area (Å²) in [6.45, 7) is 0.0458. The van der Waals surface area contributed by atoms with Gasteiger partial charge in [0.1, 0.15) is 11.5 Å². The van der Waals surface area contributed by atoms with Gasteiger partial charge in [-0.3, -0.25) is 4.79 Å². The molecule has 0 unspecified atom stereocenters. The SMILES string of the molecule is COc1cc(CCC(=O)NCc2cccc(C(F)(F)F)c2)cc(OC)c1. The van der Waals surface area contributed by atoms with Crippen molar-refractivity contribution in [3.05, 3.63) is 59.2 Å². The zero-order valence-electron chi connectivity index (χ0n) is 14.5. The fourth-order valence-corrected chi connectivity index (χ4v) is 2.42. The number of benzene rings is 2. The van der Waals surface area contributed by atoms with Gasteiger partial charge in [-0.2, -0.15) is 13.2 Å². The Morgan fingerprint density at radius 2 is 1.65 bits per heavy atom. The van der Waals surface area contributed by atoms with Crippen molar-refractivity contribution >= 4 is 5.91 Å². The largest absolute Gasteiger partial charge is 0.497 e. The summed E-state index contributed by atoms with van der Waals surface area (Å²) in [5.74, 6) is 1.01. The second-order valence-electron chi connectivity index (χ2n) is 5.70. The molecular weight excluding hydrogens is 347 g/mol. The number of hydrogen-bond acceptors (Lipinski definition) is 3. The molecule has 7 heteroatoms. The molecule has 0 spiro atoms. The van der Waals surface area contributed by atoms with E-state index in [1.165, 1.54) is 6.07 Å². The minimum atomic E-state index is -4.40. The molecule has 26 heavy (non-hydrogen) atoms. The van der Waals surface area contributed by atoms with Crippen molar-refractivity contribution in [2.75, 3.05) is 14.2 Å². The molecule has 0 saturated carbocycles. The second kappa shape index (κ2) is 8.60. The fourth-order valence-electron chi connectivity index (χ4n) is 2.42. The second-order valence-corrected chi connectivity index (χ2v) is 5.70. The third-order valence-corrected chi connectivity index (χ3v) is 3.80. The Balaban J connectivity index is 1.90. The van der Waals surface area contributed by atoms with E-state index in [2.05, 4.69) is 5.32 Å². The molecular formula is C19H20F3NO3. The van der Waals surface area contributed by atoms with E-state index in [0.29, 0.717) is 23.5 Å². The van der Waals surface area contributed by atoms with Crippen LogP contribution in [0.4, 0.5) is 13.2 Å². The molecule has 0 aliphatic heterocycles. The van der Waals surface area contributed by atoms with Crippen LogP contribution in [0, 0.1) is 0 Å². The number of nitrogens with one attached hydrogen (secondary N) is 1. The van der Waals surface area contributed by atoms with Gasteiger partial charge < -0.3 is 14.8 Å². The molecule has 0 atom stereocenters. The van der Waals surface area contributed by atoms with Crippen LogP contribution in [-0.4, -0.2) is 20.1 Å². The Labute approximate surface area is 149 Å². The lowest BCUT2D eigenvalue weighted by Gasteiger charge is -2.10. The fraction of sp³-hybridized carbons (Fsp3) is 0.316. The number of ether oxygens (including phenoxy) is 2. The lowest BCUT2D eigenvalue weighted by molar-refractivity contribution is -0.137. The first kappa shape index (κ1) is 19.6. The summed E-state index contributed by atoms with van der Waals surface area (Å²) in [6.07, 6.45) is -3.73. The van der Waals surface area contributed by atoms with Crippen molar-refractivity contribution < 1.29 is 27.4 Å². The standard InChI is InChI=1S/C19H20F3NO3/c1-25-16-9-13(10-17(11-16)26-2)6-7-18(24)23-12-14-4-3-5-15(8-14)19(20,21)22/h3-5,8-11H,6-7,12H2,1-2H3,(H,23,24). The molecule has 0 fully saturated rings. The van der Waals surface area contributed by atoms with E-state index in [0.717, 1.165) is 17.7 Å². The summed E-state index contributed by atoms with van der Waals surface area (Å²) in [4.78, 5) is 12.0. The monoisotopic (exact) mass is 367 g/mol. The molecule has 0 bridgehead atoms. The highest BCUT2D eigenvalue weighted by atomic mass is 19.4. The van der Waals surface area contributed by atoms with Crippen LogP contribution in [0.1, 0.15) is 23.1 Å². The van der Waals surface area contributed by atoms with Gasteiger partial charge in [0.2, 0.25) is 5.91 Å². The molecule has 4 nitrogen and oxygen atoms in total. The zero-order chi connectivity index (χ0) is 19.2. The van der Waals surface area contributed by atoms with Crippen molar-refractivity contribution in [3.8, 4) is 11.5 Å². The lowest BCUT2D eigenvalue weighted by atomic mass is 10.1. The van der Waals surface area contributed by atoms with Gasteiger partial charge >= 0.3 is 6.18 Å². The minimum Gasteiger partial charge on any atom is -0.497 e. The van der Waals surface area contributed by atoms with Crippen LogP contribution < -0.4 is 14.8 Å². The van der Waals surface area contributed by atoms with Gasteiger partial charge in [0, 0.05) is 19.0 Å². The van der Waals surface area contributed by atoms with Crippen LogP contribution in [0.15, 0.2) is 42.5 Å². The van der Waals surface area contributed by atoms with Crippen LogP contribution in [0.25, 0.3) is 0 Å².